The van der Waals surface area contributed by atoms with E-state index >= 15 is 0 Å². The van der Waals surface area contributed by atoms with E-state index in [1.165, 1.54) is 18.3 Å². The quantitative estimate of drug-likeness (QED) is 0.701. The second-order valence-electron chi connectivity index (χ2n) is 2.54. The largest absolute Gasteiger partial charge is 0.345 e. The first kappa shape index (κ1) is 8.19. The second kappa shape index (κ2) is 2.81. The van der Waals surface area contributed by atoms with Gasteiger partial charge in [0.05, 0.1) is 10.5 Å². The highest BCUT2D eigenvalue weighted by Gasteiger charge is 2.02. The summed E-state index contributed by atoms with van der Waals surface area (Å²) in [5, 5.41) is 0.496. The SMILES string of the molecule is O=c1ncc2cc(F)c(Cl)cc2[nH]1. The third kappa shape index (κ3) is 1.40. The highest BCUT2D eigenvalue weighted by molar-refractivity contribution is 6.31. The van der Waals surface area contributed by atoms with Crippen molar-refractivity contribution < 1.29 is 4.39 Å². The molecule has 0 aliphatic rings. The van der Waals surface area contributed by atoms with Crippen molar-refractivity contribution in [1.29, 1.82) is 0 Å². The Morgan fingerprint density at radius 1 is 1.46 bits per heavy atom. The third-order valence-corrected chi connectivity index (χ3v) is 1.94. The Bertz CT molecular complexity index is 523. The van der Waals surface area contributed by atoms with Gasteiger partial charge in [0.15, 0.2) is 0 Å². The van der Waals surface area contributed by atoms with E-state index in [9.17, 15) is 9.18 Å². The fourth-order valence-corrected chi connectivity index (χ4v) is 1.22. The number of H-pyrrole nitrogens is 1. The number of rotatable bonds is 0. The Labute approximate surface area is 77.2 Å². The summed E-state index contributed by atoms with van der Waals surface area (Å²) in [6, 6.07) is 2.58. The van der Waals surface area contributed by atoms with Crippen LogP contribution in [-0.4, -0.2) is 9.97 Å². The van der Waals surface area contributed by atoms with Crippen molar-refractivity contribution in [2.75, 3.05) is 0 Å². The molecule has 2 aromatic rings. The molecule has 0 spiro atoms. The number of benzene rings is 1. The number of halogens is 2. The van der Waals surface area contributed by atoms with E-state index in [0.717, 1.165) is 0 Å². The van der Waals surface area contributed by atoms with Gasteiger partial charge in [-0.15, -0.1) is 0 Å². The Hall–Kier alpha value is -1.42. The molecular weight excluding hydrogens is 195 g/mol. The van der Waals surface area contributed by atoms with Gasteiger partial charge in [-0.2, -0.15) is 0 Å². The predicted molar refractivity (Wildman–Crippen MR) is 47.3 cm³/mol. The van der Waals surface area contributed by atoms with Crippen molar-refractivity contribution in [3.63, 3.8) is 0 Å². The van der Waals surface area contributed by atoms with Crippen molar-refractivity contribution >= 4 is 22.5 Å². The molecule has 0 radical (unpaired) electrons. The van der Waals surface area contributed by atoms with E-state index in [-0.39, 0.29) is 5.02 Å². The summed E-state index contributed by atoms with van der Waals surface area (Å²) in [7, 11) is 0. The Morgan fingerprint density at radius 2 is 2.23 bits per heavy atom. The fraction of sp³-hybridized carbons (Fsp3) is 0. The van der Waals surface area contributed by atoms with Crippen molar-refractivity contribution in [1.82, 2.24) is 9.97 Å². The molecule has 0 unspecified atom stereocenters. The van der Waals surface area contributed by atoms with Crippen LogP contribution in [0.15, 0.2) is 23.1 Å². The number of aromatic nitrogens is 2. The van der Waals surface area contributed by atoms with E-state index in [1.54, 1.807) is 0 Å². The molecule has 2 rings (SSSR count). The van der Waals surface area contributed by atoms with Gasteiger partial charge in [0.25, 0.3) is 0 Å². The van der Waals surface area contributed by atoms with Crippen LogP contribution >= 0.6 is 11.6 Å². The first-order valence-corrected chi connectivity index (χ1v) is 3.89. The summed E-state index contributed by atoms with van der Waals surface area (Å²) in [6.07, 6.45) is 1.30. The van der Waals surface area contributed by atoms with Crippen LogP contribution in [0.25, 0.3) is 10.9 Å². The molecular formula is C8H4ClFN2O. The van der Waals surface area contributed by atoms with Crippen molar-refractivity contribution in [3.8, 4) is 0 Å². The molecule has 3 nitrogen and oxygen atoms in total. The summed E-state index contributed by atoms with van der Waals surface area (Å²) in [4.78, 5) is 16.7. The van der Waals surface area contributed by atoms with Gasteiger partial charge < -0.3 is 4.98 Å². The minimum absolute atomic E-state index is 0.0191. The smallest absolute Gasteiger partial charge is 0.305 e. The van der Waals surface area contributed by atoms with E-state index in [2.05, 4.69) is 9.97 Å². The number of fused-ring (bicyclic) bond motifs is 1. The van der Waals surface area contributed by atoms with Gasteiger partial charge in [0, 0.05) is 11.6 Å². The Morgan fingerprint density at radius 3 is 3.00 bits per heavy atom. The lowest BCUT2D eigenvalue weighted by atomic mass is 10.2. The molecule has 66 valence electrons. The molecule has 0 fully saturated rings. The second-order valence-corrected chi connectivity index (χ2v) is 2.95. The monoisotopic (exact) mass is 198 g/mol. The van der Waals surface area contributed by atoms with Crippen LogP contribution in [0.1, 0.15) is 0 Å². The molecule has 1 aromatic heterocycles. The zero-order valence-corrected chi connectivity index (χ0v) is 7.10. The maximum atomic E-state index is 12.9. The molecule has 0 saturated carbocycles. The Kier molecular flexibility index (Phi) is 1.77. The van der Waals surface area contributed by atoms with Gasteiger partial charge in [-0.1, -0.05) is 11.6 Å². The first-order chi connectivity index (χ1) is 6.16. The molecule has 0 aliphatic carbocycles. The number of hydrogen-bond donors (Lipinski definition) is 1. The van der Waals surface area contributed by atoms with Gasteiger partial charge >= 0.3 is 5.69 Å². The van der Waals surface area contributed by atoms with E-state index in [1.807, 2.05) is 0 Å². The lowest BCUT2D eigenvalue weighted by molar-refractivity contribution is 0.630. The number of hydrogen-bond acceptors (Lipinski definition) is 2. The lowest BCUT2D eigenvalue weighted by Gasteiger charge is -1.97. The maximum absolute atomic E-state index is 12.9. The van der Waals surface area contributed by atoms with Crippen molar-refractivity contribution in [3.05, 3.63) is 39.7 Å². The molecule has 1 aromatic carbocycles. The molecule has 0 bridgehead atoms. The average molecular weight is 199 g/mol. The molecule has 1 N–H and O–H groups in total. The minimum Gasteiger partial charge on any atom is -0.305 e. The maximum Gasteiger partial charge on any atom is 0.345 e. The van der Waals surface area contributed by atoms with Crippen LogP contribution in [0.4, 0.5) is 4.39 Å². The van der Waals surface area contributed by atoms with Crippen LogP contribution in [0.3, 0.4) is 0 Å². The molecule has 0 atom stereocenters. The molecule has 0 aliphatic heterocycles. The van der Waals surface area contributed by atoms with Crippen LogP contribution in [0, 0.1) is 5.82 Å². The van der Waals surface area contributed by atoms with Crippen LogP contribution < -0.4 is 5.69 Å². The average Bonchev–Trinajstić information content (AvgIpc) is 2.08. The molecule has 1 heterocycles. The normalized spacial score (nSPS) is 10.6. The van der Waals surface area contributed by atoms with E-state index in [4.69, 9.17) is 11.6 Å². The van der Waals surface area contributed by atoms with E-state index < -0.39 is 11.5 Å². The highest BCUT2D eigenvalue weighted by atomic mass is 35.5. The zero-order chi connectivity index (χ0) is 9.42. The molecule has 13 heavy (non-hydrogen) atoms. The van der Waals surface area contributed by atoms with Crippen molar-refractivity contribution in [2.24, 2.45) is 0 Å². The molecule has 0 saturated heterocycles. The number of nitrogens with one attached hydrogen (secondary N) is 1. The van der Waals surface area contributed by atoms with Crippen LogP contribution in [0.2, 0.25) is 5.02 Å². The first-order valence-electron chi connectivity index (χ1n) is 3.51. The standard InChI is InChI=1S/C8H4ClFN2O/c9-5-2-7-4(1-6(5)10)3-11-8(13)12-7/h1-3H,(H,11,12,13). The number of nitrogens with zero attached hydrogens (tertiary/aromatic N) is 1. The van der Waals surface area contributed by atoms with E-state index in [0.29, 0.717) is 10.9 Å². The van der Waals surface area contributed by atoms with Crippen LogP contribution in [-0.2, 0) is 0 Å². The van der Waals surface area contributed by atoms with Gasteiger partial charge in [-0.3, -0.25) is 0 Å². The van der Waals surface area contributed by atoms with Gasteiger partial charge in [-0.25, -0.2) is 14.2 Å². The predicted octanol–water partition coefficient (Wildman–Crippen LogP) is 1.72. The summed E-state index contributed by atoms with van der Waals surface area (Å²) in [5.41, 5.74) is 0.00146. The van der Waals surface area contributed by atoms with Gasteiger partial charge in [-0.05, 0) is 12.1 Å². The Balaban J connectivity index is 2.89. The van der Waals surface area contributed by atoms with Gasteiger partial charge in [0.2, 0.25) is 0 Å². The number of aromatic amines is 1. The summed E-state index contributed by atoms with van der Waals surface area (Å²) in [5.74, 6) is -0.525. The summed E-state index contributed by atoms with van der Waals surface area (Å²) < 4.78 is 12.9. The fourth-order valence-electron chi connectivity index (χ4n) is 1.05. The minimum atomic E-state index is -0.525. The summed E-state index contributed by atoms with van der Waals surface area (Å²) in [6.45, 7) is 0. The summed E-state index contributed by atoms with van der Waals surface area (Å²) >= 11 is 5.52. The van der Waals surface area contributed by atoms with Crippen LogP contribution in [0.5, 0.6) is 0 Å². The molecule has 0 amide bonds. The van der Waals surface area contributed by atoms with Gasteiger partial charge in [0.1, 0.15) is 5.82 Å². The lowest BCUT2D eigenvalue weighted by Crippen LogP contribution is -2.08. The zero-order valence-electron chi connectivity index (χ0n) is 6.34. The molecule has 5 heteroatoms. The highest BCUT2D eigenvalue weighted by Crippen LogP contribution is 2.19. The van der Waals surface area contributed by atoms with Crippen molar-refractivity contribution in [2.45, 2.75) is 0 Å². The topological polar surface area (TPSA) is 45.8 Å². The third-order valence-electron chi connectivity index (χ3n) is 1.65.